The van der Waals surface area contributed by atoms with Crippen LogP contribution in [-0.2, 0) is 11.2 Å². The predicted molar refractivity (Wildman–Crippen MR) is 138 cm³/mol. The van der Waals surface area contributed by atoms with Crippen molar-refractivity contribution < 1.29 is 28.2 Å². The average Bonchev–Trinajstić information content (AvgIpc) is 2.85. The van der Waals surface area contributed by atoms with Gasteiger partial charge in [-0.1, -0.05) is 53.0 Å². The lowest BCUT2D eigenvalue weighted by atomic mass is 9.94. The Labute approximate surface area is 224 Å². The van der Waals surface area contributed by atoms with Gasteiger partial charge in [0.05, 0.1) is 33.3 Å². The van der Waals surface area contributed by atoms with E-state index in [4.69, 9.17) is 39.5 Å². The van der Waals surface area contributed by atoms with Gasteiger partial charge in [0.1, 0.15) is 11.8 Å². The Hall–Kier alpha value is -3.46. The maximum atomic E-state index is 14.1. The van der Waals surface area contributed by atoms with Crippen molar-refractivity contribution in [1.82, 2.24) is 10.3 Å². The molecule has 2 N–H and O–H groups in total. The summed E-state index contributed by atoms with van der Waals surface area (Å²) in [6.07, 6.45) is 1.25. The predicted octanol–water partition coefficient (Wildman–Crippen LogP) is 6.57. The van der Waals surface area contributed by atoms with E-state index in [-0.39, 0.29) is 38.4 Å². The summed E-state index contributed by atoms with van der Waals surface area (Å²) in [6.45, 7) is 0. The highest BCUT2D eigenvalue weighted by Crippen LogP contribution is 2.40. The molecule has 4 aromatic rings. The summed E-state index contributed by atoms with van der Waals surface area (Å²) < 4.78 is 33.2. The van der Waals surface area contributed by atoms with E-state index in [1.165, 1.54) is 31.5 Å². The summed E-state index contributed by atoms with van der Waals surface area (Å²) in [5.41, 5.74) is 1.31. The lowest BCUT2D eigenvalue weighted by molar-refractivity contribution is -0.139. The minimum Gasteiger partial charge on any atom is -0.496 e. The molecule has 1 amide bonds. The summed E-state index contributed by atoms with van der Waals surface area (Å²) >= 11 is 18.7. The van der Waals surface area contributed by atoms with Gasteiger partial charge >= 0.3 is 5.97 Å². The topological polar surface area (TPSA) is 88.5 Å². The Kier molecular flexibility index (Phi) is 7.82. The Morgan fingerprint density at radius 1 is 1.00 bits per heavy atom. The number of nitrogens with zero attached hydrogens (tertiary/aromatic N) is 1. The van der Waals surface area contributed by atoms with E-state index in [9.17, 15) is 23.5 Å². The molecule has 0 aliphatic rings. The molecule has 1 heterocycles. The first-order valence-corrected chi connectivity index (χ1v) is 11.8. The van der Waals surface area contributed by atoms with Crippen molar-refractivity contribution in [3.63, 3.8) is 0 Å². The van der Waals surface area contributed by atoms with Crippen LogP contribution in [0.2, 0.25) is 15.1 Å². The van der Waals surface area contributed by atoms with Crippen LogP contribution in [0, 0.1) is 11.6 Å². The van der Waals surface area contributed by atoms with E-state index in [1.54, 1.807) is 18.2 Å². The molecule has 0 unspecified atom stereocenters. The number of nitrogens with one attached hydrogen (secondary N) is 1. The maximum Gasteiger partial charge on any atom is 0.326 e. The second-order valence-electron chi connectivity index (χ2n) is 7.92. The molecule has 0 saturated heterocycles. The molecule has 11 heteroatoms. The zero-order valence-corrected chi connectivity index (χ0v) is 21.3. The number of methoxy groups -OCH3 is 1. The molecule has 190 valence electrons. The molecule has 3 aromatic carbocycles. The van der Waals surface area contributed by atoms with Crippen LogP contribution in [0.25, 0.3) is 22.0 Å². The van der Waals surface area contributed by atoms with Gasteiger partial charge in [0.15, 0.2) is 11.6 Å². The van der Waals surface area contributed by atoms with Gasteiger partial charge in [0.2, 0.25) is 0 Å². The number of amides is 1. The van der Waals surface area contributed by atoms with Crippen LogP contribution in [0.4, 0.5) is 8.78 Å². The van der Waals surface area contributed by atoms with Crippen molar-refractivity contribution in [2.24, 2.45) is 0 Å². The van der Waals surface area contributed by atoms with E-state index in [1.807, 2.05) is 0 Å². The number of pyridine rings is 1. The summed E-state index contributed by atoms with van der Waals surface area (Å²) in [4.78, 5) is 29.2. The molecule has 0 fully saturated rings. The fourth-order valence-electron chi connectivity index (χ4n) is 3.95. The third-order valence-electron chi connectivity index (χ3n) is 5.67. The molecule has 0 aliphatic carbocycles. The number of halogens is 5. The zero-order valence-electron chi connectivity index (χ0n) is 19.0. The number of fused-ring (bicyclic) bond motifs is 1. The van der Waals surface area contributed by atoms with Gasteiger partial charge in [0.25, 0.3) is 5.91 Å². The van der Waals surface area contributed by atoms with Gasteiger partial charge < -0.3 is 15.2 Å². The first-order chi connectivity index (χ1) is 17.6. The normalized spacial score (nSPS) is 11.8. The number of hydrogen-bond donors (Lipinski definition) is 2. The van der Waals surface area contributed by atoms with Gasteiger partial charge in [-0.2, -0.15) is 0 Å². The maximum absolute atomic E-state index is 14.1. The number of hydrogen-bond acceptors (Lipinski definition) is 4. The van der Waals surface area contributed by atoms with Gasteiger partial charge in [0, 0.05) is 29.6 Å². The average molecular weight is 566 g/mol. The number of aliphatic carboxylic acids is 1. The molecule has 0 aliphatic heterocycles. The molecule has 6 nitrogen and oxygen atoms in total. The standard InChI is InChI=1S/C26H17Cl3F2N2O4/c1-37-21-11-19(31)18(30)10-14(21)13-6-5-12(24-22(13)17(29)7-8-32-24)9-20(26(35)36)33-25(34)23-15(27)3-2-4-16(23)28/h2-8,10-11,20H,9H2,1H3,(H,33,34)(H,35,36)/t20-/m0/s1. The summed E-state index contributed by atoms with van der Waals surface area (Å²) in [5.74, 6) is -4.16. The zero-order chi connectivity index (χ0) is 26.9. The first-order valence-electron chi connectivity index (χ1n) is 10.7. The lowest BCUT2D eigenvalue weighted by Crippen LogP contribution is -2.42. The van der Waals surface area contributed by atoms with Crippen LogP contribution < -0.4 is 10.1 Å². The van der Waals surface area contributed by atoms with Gasteiger partial charge in [-0.15, -0.1) is 0 Å². The van der Waals surface area contributed by atoms with Crippen LogP contribution in [0.5, 0.6) is 5.75 Å². The second-order valence-corrected chi connectivity index (χ2v) is 9.14. The Morgan fingerprint density at radius 3 is 2.32 bits per heavy atom. The SMILES string of the molecule is COc1cc(F)c(F)cc1-c1ccc(C[C@H](NC(=O)c2c(Cl)cccc2Cl)C(=O)O)c2nccc(Cl)c12. The molecule has 1 atom stereocenters. The highest BCUT2D eigenvalue weighted by molar-refractivity contribution is 6.39. The largest absolute Gasteiger partial charge is 0.496 e. The van der Waals surface area contributed by atoms with Crippen molar-refractivity contribution >= 4 is 57.6 Å². The van der Waals surface area contributed by atoms with Gasteiger partial charge in [-0.3, -0.25) is 9.78 Å². The van der Waals surface area contributed by atoms with E-state index >= 15 is 0 Å². The van der Waals surface area contributed by atoms with Crippen molar-refractivity contribution in [3.8, 4) is 16.9 Å². The number of carboxylic acids is 1. The molecule has 1 aromatic heterocycles. The Morgan fingerprint density at radius 2 is 1.68 bits per heavy atom. The number of benzene rings is 3. The fourth-order valence-corrected chi connectivity index (χ4v) is 4.76. The van der Waals surface area contributed by atoms with Crippen molar-refractivity contribution in [2.45, 2.75) is 12.5 Å². The van der Waals surface area contributed by atoms with Crippen molar-refractivity contribution in [1.29, 1.82) is 0 Å². The number of aromatic nitrogens is 1. The Bertz CT molecular complexity index is 1530. The highest BCUT2D eigenvalue weighted by atomic mass is 35.5. The minimum atomic E-state index is -1.38. The van der Waals surface area contributed by atoms with E-state index in [2.05, 4.69) is 10.3 Å². The van der Waals surface area contributed by atoms with Crippen LogP contribution in [0.15, 0.2) is 54.7 Å². The molecule has 37 heavy (non-hydrogen) atoms. The molecule has 0 bridgehead atoms. The number of carbonyl (C=O) groups is 2. The van der Waals surface area contributed by atoms with Crippen LogP contribution in [0.3, 0.4) is 0 Å². The molecule has 0 saturated carbocycles. The summed E-state index contributed by atoms with van der Waals surface area (Å²) in [7, 11) is 1.32. The van der Waals surface area contributed by atoms with Crippen LogP contribution >= 0.6 is 34.8 Å². The molecular weight excluding hydrogens is 549 g/mol. The van der Waals surface area contributed by atoms with Crippen molar-refractivity contribution in [2.75, 3.05) is 7.11 Å². The number of rotatable bonds is 7. The van der Waals surface area contributed by atoms with E-state index in [0.29, 0.717) is 22.0 Å². The van der Waals surface area contributed by atoms with Crippen LogP contribution in [-0.4, -0.2) is 35.1 Å². The smallest absolute Gasteiger partial charge is 0.326 e. The fraction of sp³-hybridized carbons (Fsp3) is 0.115. The van der Waals surface area contributed by atoms with E-state index in [0.717, 1.165) is 12.1 Å². The second kappa shape index (κ2) is 10.9. The molecule has 0 radical (unpaired) electrons. The third kappa shape index (κ3) is 5.32. The van der Waals surface area contributed by atoms with Crippen LogP contribution in [0.1, 0.15) is 15.9 Å². The monoisotopic (exact) mass is 564 g/mol. The number of carbonyl (C=O) groups excluding carboxylic acids is 1. The summed E-state index contributed by atoms with van der Waals surface area (Å²) in [5, 5.41) is 13.0. The van der Waals surface area contributed by atoms with E-state index < -0.39 is 29.6 Å². The van der Waals surface area contributed by atoms with Crippen molar-refractivity contribution in [3.05, 3.63) is 92.6 Å². The minimum absolute atomic E-state index is 0.0520. The lowest BCUT2D eigenvalue weighted by Gasteiger charge is -2.18. The number of carboxylic acid groups (broad SMARTS) is 1. The summed E-state index contributed by atoms with van der Waals surface area (Å²) in [6, 6.07) is 9.67. The molecule has 4 rings (SSSR count). The Balaban J connectivity index is 1.78. The highest BCUT2D eigenvalue weighted by Gasteiger charge is 2.26. The van der Waals surface area contributed by atoms with Gasteiger partial charge in [-0.25, -0.2) is 13.6 Å². The quantitative estimate of drug-likeness (QED) is 0.264. The third-order valence-corrected chi connectivity index (χ3v) is 6.62. The van der Waals surface area contributed by atoms with Gasteiger partial charge in [-0.05, 0) is 35.4 Å². The molecular formula is C26H17Cl3F2N2O4. The molecule has 0 spiro atoms. The number of ether oxygens (including phenoxy) is 1. The first kappa shape index (κ1) is 26.6.